The van der Waals surface area contributed by atoms with Crippen LogP contribution in [0, 0.1) is 5.82 Å². The molecule has 0 radical (unpaired) electrons. The standard InChI is InChI=1S/C53H55ClFN11O5S/c1-53(56)15-21-65(22-16-53)45-29-58-47(30-57-45)72-39-4-2-3-37(26-39)61-49(68)34-6-8-43(42(55)25-34)64-19-13-38(14-20-64)63-17-11-33(12-18-63)35-24-41(54)48(59-28-35)51(70)60-27-32-5-7-40-36(23-32)31-66(52(40)71)44-9-10-46(67)62-50(44)69/h2-8,11,23-26,28-30,38,44H,9-10,12-22,27,31,56H2,1H3,(H,60,70)(H,61,68)(H,62,67,69). The minimum Gasteiger partial charge on any atom is -0.369 e. The Morgan fingerprint density at radius 3 is 2.43 bits per heavy atom. The topological polar surface area (TPSA) is 199 Å². The number of halogens is 2. The molecule has 5 amide bonds. The average molecular weight is 1010 g/mol. The number of benzene rings is 3. The SMILES string of the molecule is CC1(N)CCN(c2cnc(Sc3cccc(NC(=O)c4ccc(N5CCC(N6CC=C(c7cnc(C(=O)NCc8ccc9c(c8)CN(C8CCC(=O)NC8=O)C9=O)c(Cl)c7)CC6)CC5)c(F)c4)c3)cn2)CC1. The Hall–Kier alpha value is -6.73. The number of piperidine rings is 3. The molecule has 2 aromatic heterocycles. The molecule has 5 aliphatic heterocycles. The smallest absolute Gasteiger partial charge is 0.271 e. The number of rotatable bonds is 12. The summed E-state index contributed by atoms with van der Waals surface area (Å²) in [6.07, 6.45) is 12.2. The molecule has 0 aliphatic carbocycles. The van der Waals surface area contributed by atoms with Crippen LogP contribution in [0.25, 0.3) is 5.57 Å². The molecular weight excluding hydrogens is 957 g/mol. The third-order valence-electron chi connectivity index (χ3n) is 14.4. The van der Waals surface area contributed by atoms with E-state index in [0.717, 1.165) is 96.3 Å². The average Bonchev–Trinajstić information content (AvgIpc) is 3.70. The zero-order chi connectivity index (χ0) is 50.1. The Labute approximate surface area is 426 Å². The van der Waals surface area contributed by atoms with Crippen LogP contribution in [0.1, 0.15) is 99.8 Å². The molecule has 19 heteroatoms. The van der Waals surface area contributed by atoms with Crippen molar-refractivity contribution in [3.8, 4) is 0 Å². The molecule has 3 fully saturated rings. The largest absolute Gasteiger partial charge is 0.369 e. The molecule has 7 heterocycles. The van der Waals surface area contributed by atoms with Crippen LogP contribution in [0.3, 0.4) is 0 Å². The number of nitrogens with one attached hydrogen (secondary N) is 3. The lowest BCUT2D eigenvalue weighted by molar-refractivity contribution is -0.136. The minimum atomic E-state index is -0.700. The fourth-order valence-corrected chi connectivity index (χ4v) is 11.2. The van der Waals surface area contributed by atoms with E-state index in [0.29, 0.717) is 36.1 Å². The fourth-order valence-electron chi connectivity index (χ4n) is 10.2. The lowest BCUT2D eigenvalue weighted by atomic mass is 9.91. The number of aromatic nitrogens is 3. The Morgan fingerprint density at radius 1 is 0.889 bits per heavy atom. The van der Waals surface area contributed by atoms with Gasteiger partial charge in [0.1, 0.15) is 28.4 Å². The summed E-state index contributed by atoms with van der Waals surface area (Å²) < 4.78 is 15.7. The summed E-state index contributed by atoms with van der Waals surface area (Å²) in [7, 11) is 0. The quantitative estimate of drug-likeness (QED) is 0.0950. The van der Waals surface area contributed by atoms with Crippen LogP contribution in [0.2, 0.25) is 5.02 Å². The van der Waals surface area contributed by atoms with Gasteiger partial charge in [-0.3, -0.25) is 34.2 Å². The summed E-state index contributed by atoms with van der Waals surface area (Å²) in [4.78, 5) is 86.4. The van der Waals surface area contributed by atoms with E-state index in [-0.39, 0.29) is 59.6 Å². The van der Waals surface area contributed by atoms with Gasteiger partial charge in [-0.1, -0.05) is 47.6 Å². The Bertz CT molecular complexity index is 2970. The van der Waals surface area contributed by atoms with Gasteiger partial charge in [-0.15, -0.1) is 0 Å². The second-order valence-electron chi connectivity index (χ2n) is 19.4. The van der Waals surface area contributed by atoms with Crippen LogP contribution in [0.5, 0.6) is 0 Å². The molecule has 5 N–H and O–H groups in total. The molecule has 1 unspecified atom stereocenters. The molecule has 3 aromatic carbocycles. The van der Waals surface area contributed by atoms with Crippen LogP contribution in [-0.2, 0) is 22.7 Å². The third-order valence-corrected chi connectivity index (χ3v) is 15.6. The first-order valence-corrected chi connectivity index (χ1v) is 25.6. The fraction of sp³-hybridized carbons (Fsp3) is 0.358. The first-order valence-electron chi connectivity index (χ1n) is 24.4. The van der Waals surface area contributed by atoms with Gasteiger partial charge in [0, 0.05) is 98.3 Å². The number of pyridine rings is 1. The van der Waals surface area contributed by atoms with Gasteiger partial charge < -0.3 is 31.1 Å². The number of fused-ring (bicyclic) bond motifs is 1. The van der Waals surface area contributed by atoms with Crippen molar-refractivity contribution in [2.24, 2.45) is 5.73 Å². The number of anilines is 3. The van der Waals surface area contributed by atoms with Gasteiger partial charge in [0.05, 0.1) is 23.1 Å². The molecule has 372 valence electrons. The molecule has 5 aromatic rings. The van der Waals surface area contributed by atoms with Crippen molar-refractivity contribution >= 4 is 75.7 Å². The molecule has 3 saturated heterocycles. The monoisotopic (exact) mass is 1010 g/mol. The Balaban J connectivity index is 0.672. The Kier molecular flexibility index (Phi) is 14.1. The molecule has 1 atom stereocenters. The second-order valence-corrected chi connectivity index (χ2v) is 20.9. The molecule has 0 saturated carbocycles. The summed E-state index contributed by atoms with van der Waals surface area (Å²) >= 11 is 8.09. The van der Waals surface area contributed by atoms with E-state index in [9.17, 15) is 24.0 Å². The van der Waals surface area contributed by atoms with E-state index >= 15 is 4.39 Å². The van der Waals surface area contributed by atoms with Crippen LogP contribution < -0.4 is 31.5 Å². The predicted octanol–water partition coefficient (Wildman–Crippen LogP) is 6.83. The maximum Gasteiger partial charge on any atom is 0.271 e. The first kappa shape index (κ1) is 48.9. The van der Waals surface area contributed by atoms with Crippen molar-refractivity contribution in [3.05, 3.63) is 136 Å². The second kappa shape index (κ2) is 20.8. The van der Waals surface area contributed by atoms with Crippen molar-refractivity contribution in [1.82, 2.24) is 35.4 Å². The van der Waals surface area contributed by atoms with Crippen LogP contribution >= 0.6 is 23.4 Å². The van der Waals surface area contributed by atoms with Gasteiger partial charge in [0.2, 0.25) is 11.8 Å². The van der Waals surface area contributed by atoms with Gasteiger partial charge in [-0.2, -0.15) is 0 Å². The third kappa shape index (κ3) is 10.9. The van der Waals surface area contributed by atoms with E-state index in [1.54, 1.807) is 55.0 Å². The zero-order valence-electron chi connectivity index (χ0n) is 39.8. The van der Waals surface area contributed by atoms with Crippen molar-refractivity contribution in [1.29, 1.82) is 0 Å². The van der Waals surface area contributed by atoms with Gasteiger partial charge in [0.25, 0.3) is 17.7 Å². The number of carbonyl (C=O) groups excluding carboxylic acids is 5. The highest BCUT2D eigenvalue weighted by atomic mass is 35.5. The highest BCUT2D eigenvalue weighted by molar-refractivity contribution is 7.99. The number of imide groups is 1. The molecule has 16 nitrogen and oxygen atoms in total. The van der Waals surface area contributed by atoms with Crippen molar-refractivity contribution < 1.29 is 28.4 Å². The lowest BCUT2D eigenvalue weighted by Gasteiger charge is -2.40. The van der Waals surface area contributed by atoms with E-state index in [4.69, 9.17) is 17.3 Å². The number of hydrogen-bond acceptors (Lipinski definition) is 13. The van der Waals surface area contributed by atoms with E-state index in [1.165, 1.54) is 22.7 Å². The lowest BCUT2D eigenvalue weighted by Crippen LogP contribution is -2.52. The van der Waals surface area contributed by atoms with E-state index < -0.39 is 29.6 Å². The molecular formula is C53H55ClFN11O5S. The summed E-state index contributed by atoms with van der Waals surface area (Å²) in [5.74, 6) is -1.49. The number of amides is 5. The van der Waals surface area contributed by atoms with Crippen LogP contribution in [-0.4, -0.2) is 111 Å². The van der Waals surface area contributed by atoms with Gasteiger partial charge in [-0.05, 0) is 116 Å². The number of carbonyl (C=O) groups is 5. The molecule has 10 rings (SSSR count). The van der Waals surface area contributed by atoms with Gasteiger partial charge in [0.15, 0.2) is 0 Å². The molecule has 0 spiro atoms. The molecule has 72 heavy (non-hydrogen) atoms. The van der Waals surface area contributed by atoms with Crippen LogP contribution in [0.15, 0.2) is 101 Å². The van der Waals surface area contributed by atoms with Crippen molar-refractivity contribution in [3.63, 3.8) is 0 Å². The molecule has 0 bridgehead atoms. The first-order chi connectivity index (χ1) is 34.7. The zero-order valence-corrected chi connectivity index (χ0v) is 41.4. The predicted molar refractivity (Wildman–Crippen MR) is 273 cm³/mol. The van der Waals surface area contributed by atoms with Gasteiger partial charge in [-0.25, -0.2) is 19.3 Å². The van der Waals surface area contributed by atoms with E-state index in [1.807, 2.05) is 24.3 Å². The number of nitrogens with zero attached hydrogens (tertiary/aromatic N) is 7. The summed E-state index contributed by atoms with van der Waals surface area (Å²) in [5.41, 5.74) is 11.6. The summed E-state index contributed by atoms with van der Waals surface area (Å²) in [6, 6.07) is 18.8. The summed E-state index contributed by atoms with van der Waals surface area (Å²) in [6.45, 7) is 7.14. The number of hydrogen-bond donors (Lipinski definition) is 4. The van der Waals surface area contributed by atoms with Crippen LogP contribution in [0.4, 0.5) is 21.6 Å². The van der Waals surface area contributed by atoms with Gasteiger partial charge >= 0.3 is 0 Å². The highest BCUT2D eigenvalue weighted by Crippen LogP contribution is 2.33. The maximum absolute atomic E-state index is 15.7. The van der Waals surface area contributed by atoms with E-state index in [2.05, 4.69) is 58.6 Å². The maximum atomic E-state index is 15.7. The number of nitrogens with two attached hydrogens (primary N) is 1. The highest BCUT2D eigenvalue weighted by Gasteiger charge is 2.39. The van der Waals surface area contributed by atoms with Crippen molar-refractivity contribution in [2.75, 3.05) is 54.4 Å². The minimum absolute atomic E-state index is 0.111. The summed E-state index contributed by atoms with van der Waals surface area (Å²) in [5, 5.41) is 9.08. The molecule has 5 aliphatic rings. The Morgan fingerprint density at radius 2 is 1.71 bits per heavy atom. The normalized spacial score (nSPS) is 19.4. The van der Waals surface area contributed by atoms with Crippen molar-refractivity contribution in [2.45, 2.75) is 92.5 Å².